The number of hydrogen-bond donors (Lipinski definition) is 2. The molecule has 2 aromatic rings. The highest BCUT2D eigenvalue weighted by Crippen LogP contribution is 2.33. The van der Waals surface area contributed by atoms with E-state index in [1.807, 2.05) is 6.92 Å². The van der Waals surface area contributed by atoms with E-state index in [-0.39, 0.29) is 10.5 Å². The Morgan fingerprint density at radius 1 is 1.22 bits per heavy atom. The standard InChI is InChI=1S/C18H21FN4O3S/c1-4-11-8-15(23(2)13-7-5-6-12(19)9-13)16(27(3,25)26)10-14(11)17(24)22-18(20)21/h5-10H,4H2,1-3H3,(H4,20,21,22,24). The van der Waals surface area contributed by atoms with E-state index in [1.165, 1.54) is 24.3 Å². The van der Waals surface area contributed by atoms with Gasteiger partial charge in [-0.1, -0.05) is 13.0 Å². The summed E-state index contributed by atoms with van der Waals surface area (Å²) in [6.45, 7) is 1.81. The average Bonchev–Trinajstić information content (AvgIpc) is 2.58. The lowest BCUT2D eigenvalue weighted by Gasteiger charge is -2.24. The van der Waals surface area contributed by atoms with Gasteiger partial charge in [-0.2, -0.15) is 4.99 Å². The Bertz CT molecular complexity index is 1020. The normalized spacial score (nSPS) is 11.1. The Hall–Kier alpha value is -2.94. The average molecular weight is 392 g/mol. The van der Waals surface area contributed by atoms with Gasteiger partial charge in [0.2, 0.25) is 0 Å². The third-order valence-electron chi connectivity index (χ3n) is 3.98. The maximum atomic E-state index is 13.6. The summed E-state index contributed by atoms with van der Waals surface area (Å²) in [6, 6.07) is 8.60. The summed E-state index contributed by atoms with van der Waals surface area (Å²) in [6.07, 6.45) is 1.47. The molecule has 27 heavy (non-hydrogen) atoms. The fraction of sp³-hybridized carbons (Fsp3) is 0.222. The summed E-state index contributed by atoms with van der Waals surface area (Å²) in [7, 11) is -2.08. The summed E-state index contributed by atoms with van der Waals surface area (Å²) in [5, 5.41) is 0. The molecule has 0 aliphatic carbocycles. The highest BCUT2D eigenvalue weighted by atomic mass is 32.2. The van der Waals surface area contributed by atoms with E-state index < -0.39 is 27.5 Å². The minimum atomic E-state index is -3.70. The van der Waals surface area contributed by atoms with E-state index in [4.69, 9.17) is 11.5 Å². The van der Waals surface area contributed by atoms with E-state index in [9.17, 15) is 17.6 Å². The third kappa shape index (κ3) is 4.62. The van der Waals surface area contributed by atoms with Crippen molar-refractivity contribution < 1.29 is 17.6 Å². The highest BCUT2D eigenvalue weighted by Gasteiger charge is 2.23. The van der Waals surface area contributed by atoms with Gasteiger partial charge in [0.25, 0.3) is 5.91 Å². The molecule has 0 spiro atoms. The molecule has 9 heteroatoms. The zero-order valence-corrected chi connectivity index (χ0v) is 16.0. The molecule has 0 bridgehead atoms. The Labute approximate surface area is 157 Å². The quantitative estimate of drug-likeness (QED) is 0.593. The second-order valence-corrected chi connectivity index (χ2v) is 7.97. The second-order valence-electron chi connectivity index (χ2n) is 5.98. The summed E-state index contributed by atoms with van der Waals surface area (Å²) in [4.78, 5) is 17.3. The van der Waals surface area contributed by atoms with Gasteiger partial charge in [0.15, 0.2) is 15.8 Å². The number of amides is 1. The number of guanidine groups is 1. The number of rotatable bonds is 5. The summed E-state index contributed by atoms with van der Waals surface area (Å²) in [5.41, 5.74) is 12.0. The molecule has 144 valence electrons. The van der Waals surface area contributed by atoms with Crippen molar-refractivity contribution in [2.45, 2.75) is 18.2 Å². The molecule has 0 saturated heterocycles. The Morgan fingerprint density at radius 2 is 1.89 bits per heavy atom. The predicted octanol–water partition coefficient (Wildman–Crippen LogP) is 1.97. The third-order valence-corrected chi connectivity index (χ3v) is 5.11. The van der Waals surface area contributed by atoms with Gasteiger partial charge in [0, 0.05) is 24.6 Å². The first-order valence-electron chi connectivity index (χ1n) is 8.04. The van der Waals surface area contributed by atoms with Crippen molar-refractivity contribution >= 4 is 33.1 Å². The lowest BCUT2D eigenvalue weighted by Crippen LogP contribution is -2.24. The molecule has 0 aliphatic heterocycles. The SMILES string of the molecule is CCc1cc(N(C)c2cccc(F)c2)c(S(C)(=O)=O)cc1C(=O)N=C(N)N. The van der Waals surface area contributed by atoms with E-state index in [2.05, 4.69) is 4.99 Å². The fourth-order valence-electron chi connectivity index (χ4n) is 2.66. The number of carbonyl (C=O) groups is 1. The van der Waals surface area contributed by atoms with Gasteiger partial charge in [0.1, 0.15) is 5.82 Å². The topological polar surface area (TPSA) is 119 Å². The van der Waals surface area contributed by atoms with Crippen molar-refractivity contribution in [3.05, 3.63) is 53.3 Å². The van der Waals surface area contributed by atoms with Crippen LogP contribution >= 0.6 is 0 Å². The zero-order chi connectivity index (χ0) is 20.4. The number of nitrogens with zero attached hydrogens (tertiary/aromatic N) is 2. The van der Waals surface area contributed by atoms with E-state index in [1.54, 1.807) is 24.1 Å². The van der Waals surface area contributed by atoms with E-state index in [0.29, 0.717) is 23.4 Å². The van der Waals surface area contributed by atoms with Crippen molar-refractivity contribution in [1.29, 1.82) is 0 Å². The van der Waals surface area contributed by atoms with Crippen LogP contribution in [-0.4, -0.2) is 33.6 Å². The number of aryl methyl sites for hydroxylation is 1. The van der Waals surface area contributed by atoms with Crippen molar-refractivity contribution in [2.75, 3.05) is 18.2 Å². The molecular formula is C18H21FN4O3S. The lowest BCUT2D eigenvalue weighted by molar-refractivity contribution is 0.100. The number of benzene rings is 2. The van der Waals surface area contributed by atoms with Crippen molar-refractivity contribution in [3.8, 4) is 0 Å². The molecule has 4 N–H and O–H groups in total. The first-order chi connectivity index (χ1) is 12.5. The number of hydrogen-bond acceptors (Lipinski definition) is 4. The molecule has 0 atom stereocenters. The van der Waals surface area contributed by atoms with Gasteiger partial charge in [0.05, 0.1) is 10.6 Å². The molecule has 0 radical (unpaired) electrons. The van der Waals surface area contributed by atoms with Gasteiger partial charge in [-0.15, -0.1) is 0 Å². The lowest BCUT2D eigenvalue weighted by atomic mass is 10.0. The molecule has 7 nitrogen and oxygen atoms in total. The Balaban J connectivity index is 2.74. The predicted molar refractivity (Wildman–Crippen MR) is 104 cm³/mol. The van der Waals surface area contributed by atoms with Crippen LogP contribution in [0.25, 0.3) is 0 Å². The molecule has 0 unspecified atom stereocenters. The van der Waals surface area contributed by atoms with Gasteiger partial charge in [-0.25, -0.2) is 12.8 Å². The van der Waals surface area contributed by atoms with Gasteiger partial charge < -0.3 is 16.4 Å². The van der Waals surface area contributed by atoms with Crippen LogP contribution in [0.4, 0.5) is 15.8 Å². The zero-order valence-electron chi connectivity index (χ0n) is 15.2. The molecule has 2 rings (SSSR count). The van der Waals surface area contributed by atoms with Crippen molar-refractivity contribution in [2.24, 2.45) is 16.5 Å². The van der Waals surface area contributed by atoms with E-state index >= 15 is 0 Å². The molecule has 2 aromatic carbocycles. The van der Waals surface area contributed by atoms with Crippen LogP contribution in [0.5, 0.6) is 0 Å². The number of aliphatic imine (C=N–C) groups is 1. The van der Waals surface area contributed by atoms with Crippen LogP contribution in [-0.2, 0) is 16.3 Å². The molecule has 0 heterocycles. The number of nitrogens with two attached hydrogens (primary N) is 2. The van der Waals surface area contributed by atoms with Crippen molar-refractivity contribution in [3.63, 3.8) is 0 Å². The van der Waals surface area contributed by atoms with Gasteiger partial charge >= 0.3 is 0 Å². The smallest absolute Gasteiger partial charge is 0.280 e. The van der Waals surface area contributed by atoms with Crippen LogP contribution in [0.15, 0.2) is 46.3 Å². The number of sulfone groups is 1. The fourth-order valence-corrected chi connectivity index (χ4v) is 3.57. The number of halogens is 1. The Kier molecular flexibility index (Phi) is 5.85. The molecule has 0 aliphatic rings. The second kappa shape index (κ2) is 7.75. The van der Waals surface area contributed by atoms with Crippen LogP contribution in [0.3, 0.4) is 0 Å². The van der Waals surface area contributed by atoms with Crippen LogP contribution in [0.2, 0.25) is 0 Å². The summed E-state index contributed by atoms with van der Waals surface area (Å²) >= 11 is 0. The maximum Gasteiger partial charge on any atom is 0.280 e. The number of carbonyl (C=O) groups excluding carboxylic acids is 1. The first-order valence-corrected chi connectivity index (χ1v) is 9.94. The summed E-state index contributed by atoms with van der Waals surface area (Å²) in [5.74, 6) is -1.59. The molecule has 0 aromatic heterocycles. The minimum Gasteiger partial charge on any atom is -0.370 e. The maximum absolute atomic E-state index is 13.6. The van der Waals surface area contributed by atoms with E-state index in [0.717, 1.165) is 6.26 Å². The van der Waals surface area contributed by atoms with Crippen LogP contribution in [0, 0.1) is 5.82 Å². The highest BCUT2D eigenvalue weighted by molar-refractivity contribution is 7.90. The van der Waals surface area contributed by atoms with Gasteiger partial charge in [-0.3, -0.25) is 4.79 Å². The molecular weight excluding hydrogens is 371 g/mol. The molecule has 0 fully saturated rings. The van der Waals surface area contributed by atoms with Crippen molar-refractivity contribution in [1.82, 2.24) is 0 Å². The largest absolute Gasteiger partial charge is 0.370 e. The van der Waals surface area contributed by atoms with Crippen LogP contribution < -0.4 is 16.4 Å². The van der Waals surface area contributed by atoms with Gasteiger partial charge in [-0.05, 0) is 42.3 Å². The number of anilines is 2. The molecule has 0 saturated carbocycles. The first kappa shape index (κ1) is 20.4. The monoisotopic (exact) mass is 392 g/mol. The Morgan fingerprint density at radius 3 is 2.41 bits per heavy atom. The van der Waals surface area contributed by atoms with Crippen LogP contribution in [0.1, 0.15) is 22.8 Å². The molecule has 1 amide bonds. The summed E-state index contributed by atoms with van der Waals surface area (Å²) < 4.78 is 38.3. The minimum absolute atomic E-state index is 0.0828.